The first kappa shape index (κ1) is 14.0. The van der Waals surface area contributed by atoms with Crippen LogP contribution in [0.3, 0.4) is 0 Å². The molecule has 17 heavy (non-hydrogen) atoms. The maximum atomic E-state index is 11.8. The van der Waals surface area contributed by atoms with Crippen molar-refractivity contribution in [1.29, 1.82) is 0 Å². The topological polar surface area (TPSA) is 39.1 Å². The van der Waals surface area contributed by atoms with Crippen molar-refractivity contribution in [1.82, 2.24) is 14.9 Å². The molecule has 0 fully saturated rings. The molecular formula is C10H16F3N3O. The van der Waals surface area contributed by atoms with Crippen LogP contribution in [0.25, 0.3) is 0 Å². The maximum Gasteiger partial charge on any atom is 0.411 e. The normalized spacial score (nSPS) is 12.4. The number of nitrogens with one attached hydrogen (secondary N) is 1. The second kappa shape index (κ2) is 6.02. The zero-order chi connectivity index (χ0) is 12.9. The second-order valence-corrected chi connectivity index (χ2v) is 4.01. The van der Waals surface area contributed by atoms with Gasteiger partial charge in [-0.15, -0.1) is 0 Å². The van der Waals surface area contributed by atoms with Gasteiger partial charge in [-0.05, 0) is 0 Å². The lowest BCUT2D eigenvalue weighted by molar-refractivity contribution is -0.181. The molecule has 0 aliphatic carbocycles. The molecule has 0 saturated carbocycles. The minimum absolute atomic E-state index is 0.145. The SMILES string of the molecule is CC(C)NCc1cn(COCC(F)(F)F)cn1. The first-order valence-corrected chi connectivity index (χ1v) is 5.25. The van der Waals surface area contributed by atoms with E-state index in [-0.39, 0.29) is 6.73 Å². The molecular weight excluding hydrogens is 235 g/mol. The van der Waals surface area contributed by atoms with E-state index in [1.807, 2.05) is 13.8 Å². The van der Waals surface area contributed by atoms with E-state index >= 15 is 0 Å². The van der Waals surface area contributed by atoms with Crippen LogP contribution in [0.2, 0.25) is 0 Å². The number of hydrogen-bond acceptors (Lipinski definition) is 3. The number of aromatic nitrogens is 2. The summed E-state index contributed by atoms with van der Waals surface area (Å²) in [5.41, 5.74) is 0.773. The molecule has 0 bridgehead atoms. The number of ether oxygens (including phenoxy) is 1. The standard InChI is InChI=1S/C10H16F3N3O/c1-8(2)14-3-9-4-16(6-15-9)7-17-5-10(11,12)13/h4,6,8,14H,3,5,7H2,1-2H3. The molecule has 0 aliphatic rings. The highest BCUT2D eigenvalue weighted by Crippen LogP contribution is 2.14. The van der Waals surface area contributed by atoms with Crippen molar-refractivity contribution in [2.24, 2.45) is 0 Å². The predicted octanol–water partition coefficient (Wildman–Crippen LogP) is 1.92. The number of alkyl halides is 3. The van der Waals surface area contributed by atoms with Crippen molar-refractivity contribution in [2.45, 2.75) is 39.3 Å². The fourth-order valence-corrected chi connectivity index (χ4v) is 1.14. The molecule has 0 amide bonds. The smallest absolute Gasteiger partial charge is 0.351 e. The molecule has 1 rings (SSSR count). The molecule has 0 atom stereocenters. The van der Waals surface area contributed by atoms with Crippen molar-refractivity contribution in [2.75, 3.05) is 6.61 Å². The highest BCUT2D eigenvalue weighted by Gasteiger charge is 2.27. The minimum atomic E-state index is -4.29. The van der Waals surface area contributed by atoms with Gasteiger partial charge in [0.05, 0.1) is 12.0 Å². The summed E-state index contributed by atoms with van der Waals surface area (Å²) >= 11 is 0. The number of nitrogens with zero attached hydrogens (tertiary/aromatic N) is 2. The third-order valence-electron chi connectivity index (χ3n) is 1.88. The molecule has 7 heteroatoms. The fourth-order valence-electron chi connectivity index (χ4n) is 1.14. The van der Waals surface area contributed by atoms with E-state index < -0.39 is 12.8 Å². The summed E-state index contributed by atoms with van der Waals surface area (Å²) in [7, 11) is 0. The average Bonchev–Trinajstić information content (AvgIpc) is 2.61. The van der Waals surface area contributed by atoms with Gasteiger partial charge in [-0.25, -0.2) is 4.98 Å². The monoisotopic (exact) mass is 251 g/mol. The van der Waals surface area contributed by atoms with Crippen molar-refractivity contribution < 1.29 is 17.9 Å². The minimum Gasteiger partial charge on any atom is -0.351 e. The van der Waals surface area contributed by atoms with E-state index in [0.717, 1.165) is 5.69 Å². The van der Waals surface area contributed by atoms with Crippen molar-refractivity contribution in [3.63, 3.8) is 0 Å². The third kappa shape index (κ3) is 6.28. The van der Waals surface area contributed by atoms with Gasteiger partial charge in [0, 0.05) is 18.8 Å². The Hall–Kier alpha value is -1.08. The molecule has 1 aromatic rings. The van der Waals surface area contributed by atoms with Crippen LogP contribution in [0.15, 0.2) is 12.5 Å². The molecule has 0 saturated heterocycles. The van der Waals surface area contributed by atoms with Crippen molar-refractivity contribution in [3.8, 4) is 0 Å². The molecule has 98 valence electrons. The lowest BCUT2D eigenvalue weighted by Crippen LogP contribution is -2.22. The van der Waals surface area contributed by atoms with Crippen molar-refractivity contribution >= 4 is 0 Å². The Morgan fingerprint density at radius 2 is 2.18 bits per heavy atom. The van der Waals surface area contributed by atoms with Gasteiger partial charge < -0.3 is 14.6 Å². The summed E-state index contributed by atoms with van der Waals surface area (Å²) < 4.78 is 41.4. The molecule has 1 heterocycles. The highest BCUT2D eigenvalue weighted by molar-refractivity contribution is 4.95. The van der Waals surface area contributed by atoms with Crippen molar-refractivity contribution in [3.05, 3.63) is 18.2 Å². The lowest BCUT2D eigenvalue weighted by atomic mass is 10.3. The Morgan fingerprint density at radius 1 is 1.47 bits per heavy atom. The predicted molar refractivity (Wildman–Crippen MR) is 56.2 cm³/mol. The Kier molecular flexibility index (Phi) is 4.95. The largest absolute Gasteiger partial charge is 0.411 e. The molecule has 0 unspecified atom stereocenters. The molecule has 4 nitrogen and oxygen atoms in total. The first-order chi connectivity index (χ1) is 7.87. The van der Waals surface area contributed by atoms with Gasteiger partial charge in [0.1, 0.15) is 13.3 Å². The van der Waals surface area contributed by atoms with E-state index in [1.54, 1.807) is 6.20 Å². The van der Waals surface area contributed by atoms with Crippen LogP contribution >= 0.6 is 0 Å². The summed E-state index contributed by atoms with van der Waals surface area (Å²) in [5, 5.41) is 3.16. The van der Waals surface area contributed by atoms with Crippen LogP contribution in [0.5, 0.6) is 0 Å². The zero-order valence-electron chi connectivity index (χ0n) is 9.79. The highest BCUT2D eigenvalue weighted by atomic mass is 19.4. The summed E-state index contributed by atoms with van der Waals surface area (Å²) in [4.78, 5) is 4.04. The van der Waals surface area contributed by atoms with E-state index in [1.165, 1.54) is 10.9 Å². The van der Waals surface area contributed by atoms with Gasteiger partial charge in [-0.3, -0.25) is 0 Å². The molecule has 0 aliphatic heterocycles. The van der Waals surface area contributed by atoms with E-state index in [9.17, 15) is 13.2 Å². The summed E-state index contributed by atoms with van der Waals surface area (Å²) in [6.07, 6.45) is -1.18. The average molecular weight is 251 g/mol. The van der Waals surface area contributed by atoms with Gasteiger partial charge in [0.2, 0.25) is 0 Å². The van der Waals surface area contributed by atoms with Crippen LogP contribution in [-0.2, 0) is 18.0 Å². The molecule has 1 aromatic heterocycles. The number of halogens is 3. The number of rotatable bonds is 6. The van der Waals surface area contributed by atoms with Crippen LogP contribution in [0.4, 0.5) is 13.2 Å². The van der Waals surface area contributed by atoms with E-state index in [0.29, 0.717) is 12.6 Å². The number of hydrogen-bond donors (Lipinski definition) is 1. The fraction of sp³-hybridized carbons (Fsp3) is 0.700. The van der Waals surface area contributed by atoms with E-state index in [4.69, 9.17) is 0 Å². The Morgan fingerprint density at radius 3 is 2.76 bits per heavy atom. The first-order valence-electron chi connectivity index (χ1n) is 5.25. The molecule has 0 spiro atoms. The zero-order valence-corrected chi connectivity index (χ0v) is 9.79. The molecule has 0 aromatic carbocycles. The maximum absolute atomic E-state index is 11.8. The quantitative estimate of drug-likeness (QED) is 0.839. The van der Waals surface area contributed by atoms with E-state index in [2.05, 4.69) is 15.0 Å². The molecule has 1 N–H and O–H groups in total. The Balaban J connectivity index is 2.31. The van der Waals surface area contributed by atoms with Crippen LogP contribution in [-0.4, -0.2) is 28.4 Å². The second-order valence-electron chi connectivity index (χ2n) is 4.01. The Bertz CT molecular complexity index is 336. The summed E-state index contributed by atoms with van der Waals surface area (Å²) in [6.45, 7) is 3.20. The Labute approximate surface area is 97.8 Å². The van der Waals surface area contributed by atoms with Gasteiger partial charge >= 0.3 is 6.18 Å². The summed E-state index contributed by atoms with van der Waals surface area (Å²) in [5.74, 6) is 0. The van der Waals surface area contributed by atoms with Gasteiger partial charge in [-0.1, -0.05) is 13.8 Å². The van der Waals surface area contributed by atoms with Gasteiger partial charge in [0.15, 0.2) is 0 Å². The molecule has 0 radical (unpaired) electrons. The van der Waals surface area contributed by atoms with Crippen LogP contribution in [0.1, 0.15) is 19.5 Å². The van der Waals surface area contributed by atoms with Gasteiger partial charge in [0.25, 0.3) is 0 Å². The lowest BCUT2D eigenvalue weighted by Gasteiger charge is -2.07. The number of imidazole rings is 1. The summed E-state index contributed by atoms with van der Waals surface area (Å²) in [6, 6.07) is 0.335. The van der Waals surface area contributed by atoms with Crippen LogP contribution < -0.4 is 5.32 Å². The third-order valence-corrected chi connectivity index (χ3v) is 1.88. The van der Waals surface area contributed by atoms with Gasteiger partial charge in [-0.2, -0.15) is 13.2 Å². The van der Waals surface area contributed by atoms with Crippen LogP contribution in [0, 0.1) is 0 Å².